The summed E-state index contributed by atoms with van der Waals surface area (Å²) >= 11 is 6.14. The fourth-order valence-electron chi connectivity index (χ4n) is 2.02. The molecule has 2 aromatic heterocycles. The summed E-state index contributed by atoms with van der Waals surface area (Å²) in [5, 5.41) is 3.33. The largest absolute Gasteiger partial charge is 0.321 e. The predicted molar refractivity (Wildman–Crippen MR) is 83.0 cm³/mol. The number of anilines is 1. The van der Waals surface area contributed by atoms with Crippen molar-refractivity contribution in [3.8, 4) is 5.82 Å². The zero-order valence-electron chi connectivity index (χ0n) is 11.0. The summed E-state index contributed by atoms with van der Waals surface area (Å²) in [4.78, 5) is 16.6. The highest BCUT2D eigenvalue weighted by Gasteiger charge is 2.14. The summed E-state index contributed by atoms with van der Waals surface area (Å²) in [5.74, 6) is 0.315. The van der Waals surface area contributed by atoms with E-state index in [1.165, 1.54) is 0 Å². The van der Waals surface area contributed by atoms with Crippen LogP contribution in [0.3, 0.4) is 0 Å². The van der Waals surface area contributed by atoms with Crippen LogP contribution in [-0.2, 0) is 0 Å². The van der Waals surface area contributed by atoms with Crippen molar-refractivity contribution in [1.29, 1.82) is 0 Å². The third-order valence-electron chi connectivity index (χ3n) is 2.98. The standard InChI is InChI=1S/C16H12ClN3O/c17-13-8-4-10-18-15(13)20-11-5-9-14(20)16(21)19-12-6-2-1-3-7-12/h1-11H,(H,19,21). The second-order valence-electron chi connectivity index (χ2n) is 4.39. The number of aromatic nitrogens is 2. The maximum absolute atomic E-state index is 12.4. The lowest BCUT2D eigenvalue weighted by molar-refractivity contribution is 0.102. The maximum atomic E-state index is 12.4. The van der Waals surface area contributed by atoms with Crippen molar-refractivity contribution in [3.05, 3.63) is 77.7 Å². The van der Waals surface area contributed by atoms with Crippen molar-refractivity contribution in [2.75, 3.05) is 5.32 Å². The molecule has 0 aliphatic carbocycles. The van der Waals surface area contributed by atoms with Gasteiger partial charge in [0.2, 0.25) is 0 Å². The number of halogens is 1. The molecule has 0 spiro atoms. The van der Waals surface area contributed by atoms with Crippen molar-refractivity contribution in [3.63, 3.8) is 0 Å². The quantitative estimate of drug-likeness (QED) is 0.800. The van der Waals surface area contributed by atoms with E-state index in [1.54, 1.807) is 41.2 Å². The second kappa shape index (κ2) is 5.81. The molecule has 0 bridgehead atoms. The van der Waals surface area contributed by atoms with E-state index in [1.807, 2.05) is 30.3 Å². The Balaban J connectivity index is 1.93. The molecule has 0 aliphatic heterocycles. The van der Waals surface area contributed by atoms with Crippen molar-refractivity contribution < 1.29 is 4.79 Å². The summed E-state index contributed by atoms with van der Waals surface area (Å²) in [6.07, 6.45) is 3.40. The van der Waals surface area contributed by atoms with E-state index in [0.717, 1.165) is 5.69 Å². The fraction of sp³-hybridized carbons (Fsp3) is 0. The van der Waals surface area contributed by atoms with Crippen LogP contribution in [0.25, 0.3) is 5.82 Å². The average Bonchev–Trinajstić information content (AvgIpc) is 2.98. The van der Waals surface area contributed by atoms with Crippen LogP contribution in [0, 0.1) is 0 Å². The number of nitrogens with zero attached hydrogens (tertiary/aromatic N) is 2. The van der Waals surface area contributed by atoms with Gasteiger partial charge in [0.1, 0.15) is 5.69 Å². The third-order valence-corrected chi connectivity index (χ3v) is 3.28. The molecule has 3 aromatic rings. The molecule has 0 aliphatic rings. The molecule has 5 heteroatoms. The number of nitrogens with one attached hydrogen (secondary N) is 1. The van der Waals surface area contributed by atoms with E-state index >= 15 is 0 Å². The molecule has 0 saturated carbocycles. The Morgan fingerprint density at radius 2 is 1.86 bits per heavy atom. The Bertz CT molecular complexity index is 768. The first-order valence-corrected chi connectivity index (χ1v) is 6.78. The highest BCUT2D eigenvalue weighted by Crippen LogP contribution is 2.20. The lowest BCUT2D eigenvalue weighted by atomic mass is 10.3. The highest BCUT2D eigenvalue weighted by molar-refractivity contribution is 6.32. The van der Waals surface area contributed by atoms with Crippen LogP contribution in [0.1, 0.15) is 10.5 Å². The molecular formula is C16H12ClN3O. The number of para-hydroxylation sites is 1. The van der Waals surface area contributed by atoms with Gasteiger partial charge in [0.05, 0.1) is 5.02 Å². The molecule has 0 atom stereocenters. The van der Waals surface area contributed by atoms with Crippen LogP contribution in [0.2, 0.25) is 5.02 Å². The number of carbonyl (C=O) groups is 1. The van der Waals surface area contributed by atoms with E-state index in [-0.39, 0.29) is 5.91 Å². The van der Waals surface area contributed by atoms with E-state index in [9.17, 15) is 4.79 Å². The minimum atomic E-state index is -0.215. The Morgan fingerprint density at radius 3 is 2.62 bits per heavy atom. The summed E-state index contributed by atoms with van der Waals surface area (Å²) in [6.45, 7) is 0. The molecular weight excluding hydrogens is 286 g/mol. The van der Waals surface area contributed by atoms with Gasteiger partial charge < -0.3 is 5.32 Å². The van der Waals surface area contributed by atoms with Crippen LogP contribution in [0.5, 0.6) is 0 Å². The number of amides is 1. The fourth-order valence-corrected chi connectivity index (χ4v) is 2.23. The molecule has 4 nitrogen and oxygen atoms in total. The third kappa shape index (κ3) is 2.80. The Labute approximate surface area is 127 Å². The zero-order chi connectivity index (χ0) is 14.7. The van der Waals surface area contributed by atoms with Crippen molar-refractivity contribution in [2.45, 2.75) is 0 Å². The molecule has 1 amide bonds. The zero-order valence-corrected chi connectivity index (χ0v) is 11.8. The topological polar surface area (TPSA) is 46.9 Å². The lowest BCUT2D eigenvalue weighted by Crippen LogP contribution is -2.16. The van der Waals surface area contributed by atoms with Gasteiger partial charge in [-0.3, -0.25) is 9.36 Å². The maximum Gasteiger partial charge on any atom is 0.272 e. The SMILES string of the molecule is O=C(Nc1ccccc1)c1cccn1-c1ncccc1Cl. The molecule has 3 rings (SSSR count). The Hall–Kier alpha value is -2.59. The van der Waals surface area contributed by atoms with E-state index < -0.39 is 0 Å². The molecule has 1 N–H and O–H groups in total. The van der Waals surface area contributed by atoms with Crippen molar-refractivity contribution in [1.82, 2.24) is 9.55 Å². The summed E-state index contributed by atoms with van der Waals surface area (Å²) in [7, 11) is 0. The van der Waals surface area contributed by atoms with E-state index in [2.05, 4.69) is 10.3 Å². The summed E-state index contributed by atoms with van der Waals surface area (Å²) in [5.41, 5.74) is 1.21. The first kappa shape index (κ1) is 13.4. The van der Waals surface area contributed by atoms with E-state index in [0.29, 0.717) is 16.5 Å². The van der Waals surface area contributed by atoms with Gasteiger partial charge in [-0.2, -0.15) is 0 Å². The first-order valence-electron chi connectivity index (χ1n) is 6.40. The van der Waals surface area contributed by atoms with Gasteiger partial charge in [0.15, 0.2) is 5.82 Å². The average molecular weight is 298 g/mol. The lowest BCUT2D eigenvalue weighted by Gasteiger charge is -2.10. The molecule has 0 saturated heterocycles. The molecule has 0 radical (unpaired) electrons. The van der Waals surface area contributed by atoms with Crippen LogP contribution in [0.4, 0.5) is 5.69 Å². The number of rotatable bonds is 3. The first-order chi connectivity index (χ1) is 10.3. The molecule has 2 heterocycles. The van der Waals surface area contributed by atoms with Crippen LogP contribution in [-0.4, -0.2) is 15.5 Å². The molecule has 0 unspecified atom stereocenters. The number of carbonyl (C=O) groups excluding carboxylic acids is 1. The van der Waals surface area contributed by atoms with E-state index in [4.69, 9.17) is 11.6 Å². The highest BCUT2D eigenvalue weighted by atomic mass is 35.5. The number of hydrogen-bond acceptors (Lipinski definition) is 2. The van der Waals surface area contributed by atoms with Crippen molar-refractivity contribution in [2.24, 2.45) is 0 Å². The summed E-state index contributed by atoms with van der Waals surface area (Å²) in [6, 6.07) is 16.3. The second-order valence-corrected chi connectivity index (χ2v) is 4.80. The van der Waals surface area contributed by atoms with Crippen LogP contribution >= 0.6 is 11.6 Å². The van der Waals surface area contributed by atoms with Gasteiger partial charge in [0.25, 0.3) is 5.91 Å². The minimum Gasteiger partial charge on any atom is -0.321 e. The monoisotopic (exact) mass is 297 g/mol. The normalized spacial score (nSPS) is 10.3. The summed E-state index contributed by atoms with van der Waals surface area (Å²) < 4.78 is 1.67. The van der Waals surface area contributed by atoms with Crippen LogP contribution < -0.4 is 5.32 Å². The molecule has 0 fully saturated rings. The predicted octanol–water partition coefficient (Wildman–Crippen LogP) is 3.78. The number of hydrogen-bond donors (Lipinski definition) is 1. The number of benzene rings is 1. The van der Waals surface area contributed by atoms with Gasteiger partial charge in [0, 0.05) is 18.1 Å². The molecule has 1 aromatic carbocycles. The van der Waals surface area contributed by atoms with Gasteiger partial charge in [-0.15, -0.1) is 0 Å². The van der Waals surface area contributed by atoms with Gasteiger partial charge in [-0.25, -0.2) is 4.98 Å². The van der Waals surface area contributed by atoms with Crippen molar-refractivity contribution >= 4 is 23.2 Å². The van der Waals surface area contributed by atoms with Gasteiger partial charge in [-0.05, 0) is 36.4 Å². The Kier molecular flexibility index (Phi) is 3.71. The minimum absolute atomic E-state index is 0.215. The molecule has 21 heavy (non-hydrogen) atoms. The Morgan fingerprint density at radius 1 is 1.05 bits per heavy atom. The van der Waals surface area contributed by atoms with Gasteiger partial charge >= 0.3 is 0 Å². The molecule has 104 valence electrons. The van der Waals surface area contributed by atoms with Crippen LogP contribution in [0.15, 0.2) is 67.0 Å². The smallest absolute Gasteiger partial charge is 0.272 e. The number of pyridine rings is 1. The van der Waals surface area contributed by atoms with Gasteiger partial charge in [-0.1, -0.05) is 29.8 Å².